The highest BCUT2D eigenvalue weighted by molar-refractivity contribution is 5.92. The van der Waals surface area contributed by atoms with E-state index in [0.717, 1.165) is 18.9 Å². The molecule has 2 heterocycles. The molecule has 0 spiro atoms. The smallest absolute Gasteiger partial charge is 0.330 e. The lowest BCUT2D eigenvalue weighted by molar-refractivity contribution is -0.142. The van der Waals surface area contributed by atoms with Gasteiger partial charge in [0.05, 0.1) is 13.7 Å². The van der Waals surface area contributed by atoms with Crippen LogP contribution in [0.2, 0.25) is 0 Å². The molecule has 1 fully saturated rings. The van der Waals surface area contributed by atoms with E-state index < -0.39 is 0 Å². The molecular weight excluding hydrogens is 170 g/mol. The number of aliphatic imine (C=N–C) groups is 1. The minimum Gasteiger partial charge on any atom is -0.467 e. The van der Waals surface area contributed by atoms with Gasteiger partial charge in [-0.2, -0.15) is 0 Å². The molecule has 5 heteroatoms. The molecule has 2 aliphatic rings. The third kappa shape index (κ3) is 1.51. The molecular formula is C8H13N3O2. The molecule has 0 aliphatic carbocycles. The zero-order valence-corrected chi connectivity index (χ0v) is 7.54. The average Bonchev–Trinajstić information content (AvgIpc) is 2.49. The van der Waals surface area contributed by atoms with Gasteiger partial charge in [0.2, 0.25) is 0 Å². The summed E-state index contributed by atoms with van der Waals surface area (Å²) in [6, 6.07) is -0.263. The highest BCUT2D eigenvalue weighted by Gasteiger charge is 2.31. The van der Waals surface area contributed by atoms with Crippen LogP contribution >= 0.6 is 0 Å². The van der Waals surface area contributed by atoms with Gasteiger partial charge in [0.1, 0.15) is 11.9 Å². The second kappa shape index (κ2) is 3.33. The Morgan fingerprint density at radius 2 is 2.38 bits per heavy atom. The number of ether oxygens (including phenoxy) is 1. The van der Waals surface area contributed by atoms with Crippen LogP contribution in [0.5, 0.6) is 0 Å². The summed E-state index contributed by atoms with van der Waals surface area (Å²) >= 11 is 0. The number of amidine groups is 1. The molecule has 0 aromatic rings. The van der Waals surface area contributed by atoms with E-state index in [-0.39, 0.29) is 12.0 Å². The third-order valence-corrected chi connectivity index (χ3v) is 2.42. The Labute approximate surface area is 76.6 Å². The Morgan fingerprint density at radius 1 is 1.62 bits per heavy atom. The van der Waals surface area contributed by atoms with E-state index in [1.807, 2.05) is 0 Å². The predicted octanol–water partition coefficient (Wildman–Crippen LogP) is -1.25. The number of esters is 1. The standard InChI is InChI=1S/C8H13N3O2/c1-13-8(12)6-4-10-7(11-6)5-2-9-3-5/h5-6,9H,2-4H2,1H3,(H,10,11). The highest BCUT2D eigenvalue weighted by Crippen LogP contribution is 2.09. The maximum Gasteiger partial charge on any atom is 0.330 e. The Kier molecular flexibility index (Phi) is 2.18. The summed E-state index contributed by atoms with van der Waals surface area (Å²) in [6.07, 6.45) is 0. The quantitative estimate of drug-likeness (QED) is 0.525. The first-order chi connectivity index (χ1) is 6.31. The van der Waals surface area contributed by atoms with Gasteiger partial charge >= 0.3 is 5.97 Å². The molecule has 0 radical (unpaired) electrons. The van der Waals surface area contributed by atoms with E-state index >= 15 is 0 Å². The molecule has 0 aromatic heterocycles. The fourth-order valence-electron chi connectivity index (χ4n) is 1.46. The van der Waals surface area contributed by atoms with Gasteiger partial charge in [-0.25, -0.2) is 4.79 Å². The first kappa shape index (κ1) is 8.50. The largest absolute Gasteiger partial charge is 0.467 e. The van der Waals surface area contributed by atoms with E-state index in [1.165, 1.54) is 7.11 Å². The van der Waals surface area contributed by atoms with Crippen LogP contribution in [0.15, 0.2) is 4.99 Å². The van der Waals surface area contributed by atoms with E-state index in [2.05, 4.69) is 20.4 Å². The maximum atomic E-state index is 11.1. The van der Waals surface area contributed by atoms with Crippen molar-refractivity contribution in [1.82, 2.24) is 10.6 Å². The number of rotatable bonds is 2. The van der Waals surface area contributed by atoms with Gasteiger partial charge in [-0.15, -0.1) is 0 Å². The maximum absolute atomic E-state index is 11.1. The average molecular weight is 183 g/mol. The molecule has 5 nitrogen and oxygen atoms in total. The molecule has 1 atom stereocenters. The zero-order chi connectivity index (χ0) is 9.26. The molecule has 0 bridgehead atoms. The summed E-state index contributed by atoms with van der Waals surface area (Å²) in [4.78, 5) is 15.4. The van der Waals surface area contributed by atoms with E-state index in [4.69, 9.17) is 0 Å². The molecule has 0 saturated carbocycles. The summed E-state index contributed by atoms with van der Waals surface area (Å²) in [5.74, 6) is 1.19. The van der Waals surface area contributed by atoms with E-state index in [1.54, 1.807) is 0 Å². The fraction of sp³-hybridized carbons (Fsp3) is 0.750. The topological polar surface area (TPSA) is 62.7 Å². The molecule has 2 aliphatic heterocycles. The van der Waals surface area contributed by atoms with Crippen molar-refractivity contribution in [2.45, 2.75) is 6.04 Å². The van der Waals surface area contributed by atoms with Crippen LogP contribution in [0.1, 0.15) is 0 Å². The summed E-state index contributed by atoms with van der Waals surface area (Å²) in [7, 11) is 1.40. The number of hydrogen-bond acceptors (Lipinski definition) is 5. The molecule has 1 saturated heterocycles. The van der Waals surface area contributed by atoms with Gasteiger partial charge in [0, 0.05) is 19.0 Å². The van der Waals surface area contributed by atoms with Crippen molar-refractivity contribution < 1.29 is 9.53 Å². The molecule has 0 amide bonds. The normalized spacial score (nSPS) is 27.5. The second-order valence-corrected chi connectivity index (χ2v) is 3.30. The highest BCUT2D eigenvalue weighted by atomic mass is 16.5. The third-order valence-electron chi connectivity index (χ3n) is 2.42. The monoisotopic (exact) mass is 183 g/mol. The number of methoxy groups -OCH3 is 1. The molecule has 1 unspecified atom stereocenters. The molecule has 2 N–H and O–H groups in total. The molecule has 0 aromatic carbocycles. The molecule has 2 rings (SSSR count). The first-order valence-electron chi connectivity index (χ1n) is 4.40. The Hall–Kier alpha value is -1.10. The molecule has 72 valence electrons. The first-order valence-corrected chi connectivity index (χ1v) is 4.40. The van der Waals surface area contributed by atoms with Crippen LogP contribution in [0.4, 0.5) is 0 Å². The zero-order valence-electron chi connectivity index (χ0n) is 7.54. The van der Waals surface area contributed by atoms with Crippen molar-refractivity contribution in [3.05, 3.63) is 0 Å². The Morgan fingerprint density at radius 3 is 2.92 bits per heavy atom. The summed E-state index contributed by atoms with van der Waals surface area (Å²) in [5, 5.41) is 6.24. The van der Waals surface area contributed by atoms with Gasteiger partial charge in [-0.3, -0.25) is 4.99 Å². The van der Waals surface area contributed by atoms with Gasteiger partial charge < -0.3 is 15.4 Å². The molecule has 13 heavy (non-hydrogen) atoms. The van der Waals surface area contributed by atoms with E-state index in [0.29, 0.717) is 12.5 Å². The van der Waals surface area contributed by atoms with Crippen molar-refractivity contribution >= 4 is 11.8 Å². The van der Waals surface area contributed by atoms with Crippen LogP contribution < -0.4 is 10.6 Å². The number of hydrogen-bond donors (Lipinski definition) is 2. The van der Waals surface area contributed by atoms with E-state index in [9.17, 15) is 4.79 Å². The Balaban J connectivity index is 1.87. The van der Waals surface area contributed by atoms with Crippen molar-refractivity contribution in [1.29, 1.82) is 0 Å². The van der Waals surface area contributed by atoms with Crippen molar-refractivity contribution in [3.63, 3.8) is 0 Å². The van der Waals surface area contributed by atoms with Gasteiger partial charge in [-0.1, -0.05) is 0 Å². The fourth-order valence-corrected chi connectivity index (χ4v) is 1.46. The summed E-state index contributed by atoms with van der Waals surface area (Å²) in [5.41, 5.74) is 0. The summed E-state index contributed by atoms with van der Waals surface area (Å²) < 4.78 is 4.62. The van der Waals surface area contributed by atoms with Gasteiger partial charge in [-0.05, 0) is 0 Å². The lowest BCUT2D eigenvalue weighted by Crippen LogP contribution is -2.51. The predicted molar refractivity (Wildman–Crippen MR) is 47.6 cm³/mol. The lowest BCUT2D eigenvalue weighted by atomic mass is 10.0. The lowest BCUT2D eigenvalue weighted by Gasteiger charge is -2.27. The van der Waals surface area contributed by atoms with Crippen LogP contribution in [0.3, 0.4) is 0 Å². The van der Waals surface area contributed by atoms with Crippen LogP contribution in [0.25, 0.3) is 0 Å². The van der Waals surface area contributed by atoms with Crippen LogP contribution in [0, 0.1) is 5.92 Å². The van der Waals surface area contributed by atoms with Crippen LogP contribution in [-0.4, -0.2) is 44.6 Å². The van der Waals surface area contributed by atoms with Gasteiger partial charge in [0.25, 0.3) is 0 Å². The minimum absolute atomic E-state index is 0.231. The van der Waals surface area contributed by atoms with Crippen molar-refractivity contribution in [2.24, 2.45) is 10.9 Å². The number of carbonyl (C=O) groups excluding carboxylic acids is 1. The number of carbonyl (C=O) groups is 1. The SMILES string of the molecule is COC(=O)C1CN=C(C2CNC2)N1. The summed E-state index contributed by atoms with van der Waals surface area (Å²) in [6.45, 7) is 2.43. The second-order valence-electron chi connectivity index (χ2n) is 3.30. The van der Waals surface area contributed by atoms with Crippen molar-refractivity contribution in [2.75, 3.05) is 26.7 Å². The van der Waals surface area contributed by atoms with Crippen LogP contribution in [-0.2, 0) is 9.53 Å². The van der Waals surface area contributed by atoms with Gasteiger partial charge in [0.15, 0.2) is 0 Å². The van der Waals surface area contributed by atoms with Crippen molar-refractivity contribution in [3.8, 4) is 0 Å². The number of nitrogens with zero attached hydrogens (tertiary/aromatic N) is 1. The Bertz CT molecular complexity index is 248. The minimum atomic E-state index is -0.263. The number of nitrogens with one attached hydrogen (secondary N) is 2.